The Morgan fingerprint density at radius 1 is 1.18 bits per heavy atom. The van der Waals surface area contributed by atoms with Gasteiger partial charge in [-0.2, -0.15) is 5.10 Å². The molecule has 0 atom stereocenters. The van der Waals surface area contributed by atoms with Gasteiger partial charge >= 0.3 is 0 Å². The van der Waals surface area contributed by atoms with E-state index in [9.17, 15) is 22.4 Å². The van der Waals surface area contributed by atoms with Gasteiger partial charge in [-0.15, -0.1) is 0 Å². The molecule has 1 aromatic carbocycles. The minimum atomic E-state index is -3.03. The Hall–Kier alpha value is -2.68. The summed E-state index contributed by atoms with van der Waals surface area (Å²) in [5.41, 5.74) is -0.142. The fraction of sp³-hybridized carbons (Fsp3) is 0.278. The number of nitrogens with zero attached hydrogens (tertiary/aromatic N) is 3. The quantitative estimate of drug-likeness (QED) is 0.582. The van der Waals surface area contributed by atoms with Gasteiger partial charge in [0, 0.05) is 16.3 Å². The van der Waals surface area contributed by atoms with Gasteiger partial charge in [0.1, 0.15) is 12.2 Å². The molecule has 1 N–H and O–H groups in total. The summed E-state index contributed by atoms with van der Waals surface area (Å²) in [6.45, 7) is 2.86. The molecule has 0 aliphatic carbocycles. The summed E-state index contributed by atoms with van der Waals surface area (Å²) in [4.78, 5) is 16.1. The predicted molar refractivity (Wildman–Crippen MR) is 97.0 cm³/mol. The molecule has 0 saturated heterocycles. The summed E-state index contributed by atoms with van der Waals surface area (Å²) < 4.78 is 53.9. The summed E-state index contributed by atoms with van der Waals surface area (Å²) >= 11 is 6.01. The zero-order chi connectivity index (χ0) is 20.6. The highest BCUT2D eigenvalue weighted by Crippen LogP contribution is 2.32. The van der Waals surface area contributed by atoms with Crippen LogP contribution >= 0.6 is 11.6 Å². The molecular weight excluding hydrogens is 400 g/mol. The van der Waals surface area contributed by atoms with E-state index < -0.39 is 36.6 Å². The van der Waals surface area contributed by atoms with Crippen molar-refractivity contribution >= 4 is 34.2 Å². The SMILES string of the molecule is Cc1ccc(NC(=O)Cn2nc(C)c3c(C(F)F)cc(C(F)F)nc32)cc1Cl. The van der Waals surface area contributed by atoms with Crippen LogP contribution in [0.3, 0.4) is 0 Å². The Kier molecular flexibility index (Phi) is 5.55. The lowest BCUT2D eigenvalue weighted by molar-refractivity contribution is -0.116. The van der Waals surface area contributed by atoms with Crippen LogP contribution in [0.25, 0.3) is 11.0 Å². The topological polar surface area (TPSA) is 59.8 Å². The summed E-state index contributed by atoms with van der Waals surface area (Å²) in [6.07, 6.45) is -6.02. The summed E-state index contributed by atoms with van der Waals surface area (Å²) in [6, 6.07) is 5.60. The molecule has 0 aliphatic heterocycles. The van der Waals surface area contributed by atoms with E-state index in [1.807, 2.05) is 0 Å². The fourth-order valence-corrected chi connectivity index (χ4v) is 2.99. The van der Waals surface area contributed by atoms with Crippen LogP contribution in [0.5, 0.6) is 0 Å². The Morgan fingerprint density at radius 2 is 1.89 bits per heavy atom. The van der Waals surface area contributed by atoms with Crippen LogP contribution in [0.15, 0.2) is 24.3 Å². The molecule has 10 heteroatoms. The second-order valence-electron chi connectivity index (χ2n) is 6.19. The lowest BCUT2D eigenvalue weighted by atomic mass is 10.1. The number of carbonyl (C=O) groups excluding carboxylic acids is 1. The van der Waals surface area contributed by atoms with Gasteiger partial charge in [0.25, 0.3) is 12.9 Å². The number of hydrogen-bond acceptors (Lipinski definition) is 3. The highest BCUT2D eigenvalue weighted by molar-refractivity contribution is 6.31. The minimum Gasteiger partial charge on any atom is -0.324 e. The zero-order valence-electron chi connectivity index (χ0n) is 14.8. The van der Waals surface area contributed by atoms with Crippen molar-refractivity contribution in [1.29, 1.82) is 0 Å². The van der Waals surface area contributed by atoms with E-state index >= 15 is 0 Å². The minimum absolute atomic E-state index is 0.0365. The first-order valence-corrected chi connectivity index (χ1v) is 8.55. The number of alkyl halides is 4. The zero-order valence-corrected chi connectivity index (χ0v) is 15.6. The lowest BCUT2D eigenvalue weighted by Gasteiger charge is -2.09. The fourth-order valence-electron chi connectivity index (χ4n) is 2.81. The predicted octanol–water partition coefficient (Wildman–Crippen LogP) is 5.22. The van der Waals surface area contributed by atoms with E-state index in [4.69, 9.17) is 11.6 Å². The average Bonchev–Trinajstić information content (AvgIpc) is 2.93. The molecule has 0 fully saturated rings. The largest absolute Gasteiger partial charge is 0.324 e. The molecule has 0 bridgehead atoms. The average molecular weight is 415 g/mol. The summed E-state index contributed by atoms with van der Waals surface area (Å²) in [5.74, 6) is -0.535. The molecule has 0 unspecified atom stereocenters. The van der Waals surface area contributed by atoms with Gasteiger partial charge in [-0.3, -0.25) is 4.79 Å². The third kappa shape index (κ3) is 3.94. The monoisotopic (exact) mass is 414 g/mol. The van der Waals surface area contributed by atoms with Crippen molar-refractivity contribution in [1.82, 2.24) is 14.8 Å². The van der Waals surface area contributed by atoms with Gasteiger partial charge in [-0.05, 0) is 37.6 Å². The van der Waals surface area contributed by atoms with Gasteiger partial charge in [0.2, 0.25) is 5.91 Å². The summed E-state index contributed by atoms with van der Waals surface area (Å²) in [5, 5.41) is 7.06. The number of hydrogen-bond donors (Lipinski definition) is 1. The van der Waals surface area contributed by atoms with E-state index in [1.165, 1.54) is 6.92 Å². The highest BCUT2D eigenvalue weighted by Gasteiger charge is 2.24. The van der Waals surface area contributed by atoms with Crippen LogP contribution in [0.4, 0.5) is 23.2 Å². The van der Waals surface area contributed by atoms with Crippen molar-refractivity contribution in [3.05, 3.63) is 51.8 Å². The van der Waals surface area contributed by atoms with Crippen molar-refractivity contribution in [2.24, 2.45) is 0 Å². The van der Waals surface area contributed by atoms with Gasteiger partial charge < -0.3 is 5.32 Å². The molecule has 0 radical (unpaired) electrons. The van der Waals surface area contributed by atoms with Gasteiger partial charge in [-0.1, -0.05) is 17.7 Å². The number of nitrogens with one attached hydrogen (secondary N) is 1. The van der Waals surface area contributed by atoms with Crippen molar-refractivity contribution in [3.8, 4) is 0 Å². The number of carbonyl (C=O) groups is 1. The number of amides is 1. The molecule has 0 spiro atoms. The molecule has 0 saturated carbocycles. The van der Waals surface area contributed by atoms with Crippen LogP contribution in [-0.2, 0) is 11.3 Å². The third-order valence-corrected chi connectivity index (χ3v) is 4.54. The summed E-state index contributed by atoms with van der Waals surface area (Å²) in [7, 11) is 0. The number of pyridine rings is 1. The molecule has 3 aromatic rings. The first-order chi connectivity index (χ1) is 13.2. The molecular formula is C18H15ClF4N4O. The molecule has 148 valence electrons. The highest BCUT2D eigenvalue weighted by atomic mass is 35.5. The second kappa shape index (κ2) is 7.75. The van der Waals surface area contributed by atoms with Crippen LogP contribution in [0.1, 0.15) is 35.4 Å². The third-order valence-electron chi connectivity index (χ3n) is 4.14. The van der Waals surface area contributed by atoms with E-state index in [0.717, 1.165) is 10.2 Å². The lowest BCUT2D eigenvalue weighted by Crippen LogP contribution is -2.20. The second-order valence-corrected chi connectivity index (χ2v) is 6.60. The van der Waals surface area contributed by atoms with Crippen molar-refractivity contribution in [2.45, 2.75) is 33.2 Å². The molecule has 28 heavy (non-hydrogen) atoms. The first-order valence-electron chi connectivity index (χ1n) is 8.17. The van der Waals surface area contributed by atoms with Crippen LogP contribution in [-0.4, -0.2) is 20.7 Å². The van der Waals surface area contributed by atoms with E-state index in [0.29, 0.717) is 16.8 Å². The maximum atomic E-state index is 13.3. The molecule has 0 aliphatic rings. The molecule has 2 heterocycles. The van der Waals surface area contributed by atoms with E-state index in [2.05, 4.69) is 15.4 Å². The smallest absolute Gasteiger partial charge is 0.280 e. The van der Waals surface area contributed by atoms with Gasteiger partial charge in [0.05, 0.1) is 11.1 Å². The Morgan fingerprint density at radius 3 is 2.50 bits per heavy atom. The standard InChI is InChI=1S/C18H15ClF4N4O/c1-8-3-4-10(5-12(8)19)24-14(28)7-27-18-15(9(2)26-27)11(16(20)21)6-13(25-18)17(22)23/h3-6,16-17H,7H2,1-2H3,(H,24,28). The maximum Gasteiger partial charge on any atom is 0.280 e. The van der Waals surface area contributed by atoms with Crippen LogP contribution in [0.2, 0.25) is 5.02 Å². The van der Waals surface area contributed by atoms with Crippen molar-refractivity contribution in [3.63, 3.8) is 0 Å². The normalized spacial score (nSPS) is 11.6. The van der Waals surface area contributed by atoms with E-state index in [-0.39, 0.29) is 16.7 Å². The number of halogens is 5. The molecule has 3 rings (SSSR count). The first kappa shape index (κ1) is 20.1. The Balaban J connectivity index is 1.96. The van der Waals surface area contributed by atoms with Crippen LogP contribution in [0, 0.1) is 13.8 Å². The number of aromatic nitrogens is 3. The number of aryl methyl sites for hydroxylation is 2. The Labute approximate surface area is 162 Å². The number of fused-ring (bicyclic) bond motifs is 1. The number of rotatable bonds is 5. The van der Waals surface area contributed by atoms with Crippen molar-refractivity contribution in [2.75, 3.05) is 5.32 Å². The number of benzene rings is 1. The maximum absolute atomic E-state index is 13.3. The Bertz CT molecular complexity index is 1050. The molecule has 5 nitrogen and oxygen atoms in total. The van der Waals surface area contributed by atoms with Gasteiger partial charge in [-0.25, -0.2) is 27.2 Å². The van der Waals surface area contributed by atoms with E-state index in [1.54, 1.807) is 25.1 Å². The van der Waals surface area contributed by atoms with Gasteiger partial charge in [0.15, 0.2) is 5.65 Å². The molecule has 1 amide bonds. The van der Waals surface area contributed by atoms with Crippen molar-refractivity contribution < 1.29 is 22.4 Å². The number of anilines is 1. The van der Waals surface area contributed by atoms with Crippen LogP contribution < -0.4 is 5.32 Å². The molecule has 2 aromatic heterocycles.